The Labute approximate surface area is 264 Å². The van der Waals surface area contributed by atoms with Crippen LogP contribution in [0.4, 0.5) is 21.7 Å². The van der Waals surface area contributed by atoms with Crippen LogP contribution < -0.4 is 25.4 Å². The summed E-state index contributed by atoms with van der Waals surface area (Å²) in [6, 6.07) is 4.98. The third-order valence-electron chi connectivity index (χ3n) is 7.82. The minimum Gasteiger partial charge on any atom is -0.496 e. The van der Waals surface area contributed by atoms with Gasteiger partial charge in [0.2, 0.25) is 5.95 Å². The van der Waals surface area contributed by atoms with E-state index in [0.717, 1.165) is 41.9 Å². The number of carbonyl (C=O) groups excluding carboxylic acids is 1. The van der Waals surface area contributed by atoms with Gasteiger partial charge in [0.05, 0.1) is 56.0 Å². The van der Waals surface area contributed by atoms with Crippen molar-refractivity contribution in [1.82, 2.24) is 24.4 Å². The summed E-state index contributed by atoms with van der Waals surface area (Å²) in [7, 11) is 3.13. The first-order chi connectivity index (χ1) is 20.7. The highest BCUT2D eigenvalue weighted by molar-refractivity contribution is 14.1. The lowest BCUT2D eigenvalue weighted by molar-refractivity contribution is 0.102. The standard InChI is InChI=1S/C29H30FIN8O3S/c1-5-37-6-8-38(9-7-37)19-11-18-20(10-17(19)30)39(29(32)35-18)27-26-25(33-14-34-27)16(13-43-26)28(40)36-24-15(2)21(41-3)12-22(42-4)23(24)31/h10-14H,5-9H2,1-4H3,(H2,32,35)(H,36,40). The average Bonchev–Trinajstić information content (AvgIpc) is 3.59. The number of hydrogen-bond acceptors (Lipinski definition) is 10. The minimum absolute atomic E-state index is 0.162. The number of imidazole rings is 1. The second kappa shape index (κ2) is 11.7. The molecule has 1 saturated heterocycles. The zero-order valence-electron chi connectivity index (χ0n) is 24.1. The van der Waals surface area contributed by atoms with Crippen LogP contribution in [0, 0.1) is 16.3 Å². The number of likely N-dealkylation sites (N-methyl/N-ethyl adjacent to an activating group) is 1. The zero-order valence-corrected chi connectivity index (χ0v) is 27.0. The molecule has 4 heterocycles. The third kappa shape index (κ3) is 5.10. The summed E-state index contributed by atoms with van der Waals surface area (Å²) < 4.78 is 29.5. The van der Waals surface area contributed by atoms with Crippen molar-refractivity contribution in [3.05, 3.63) is 50.4 Å². The van der Waals surface area contributed by atoms with E-state index >= 15 is 4.39 Å². The molecule has 1 amide bonds. The molecule has 2 aromatic carbocycles. The summed E-state index contributed by atoms with van der Waals surface area (Å²) in [5.74, 6) is 1.05. The molecular formula is C29H30FIN8O3S. The number of nitrogens with one attached hydrogen (secondary N) is 1. The maximum absolute atomic E-state index is 15.6. The Morgan fingerprint density at radius 2 is 1.88 bits per heavy atom. The number of amides is 1. The quantitative estimate of drug-likeness (QED) is 0.222. The van der Waals surface area contributed by atoms with Gasteiger partial charge in [0.1, 0.15) is 23.6 Å². The largest absolute Gasteiger partial charge is 0.496 e. The molecule has 11 nitrogen and oxygen atoms in total. The van der Waals surface area contributed by atoms with Gasteiger partial charge >= 0.3 is 0 Å². The van der Waals surface area contributed by atoms with Crippen LogP contribution in [0.15, 0.2) is 29.9 Å². The van der Waals surface area contributed by atoms with E-state index in [1.807, 2.05) is 11.8 Å². The molecule has 14 heteroatoms. The van der Waals surface area contributed by atoms with Gasteiger partial charge in [0.25, 0.3) is 5.91 Å². The Kier molecular flexibility index (Phi) is 8.00. The zero-order chi connectivity index (χ0) is 30.4. The van der Waals surface area contributed by atoms with Gasteiger partial charge in [-0.15, -0.1) is 11.3 Å². The summed E-state index contributed by atoms with van der Waals surface area (Å²) in [4.78, 5) is 31.4. The number of hydrogen-bond donors (Lipinski definition) is 2. The van der Waals surface area contributed by atoms with Gasteiger partial charge in [0, 0.05) is 49.3 Å². The molecule has 43 heavy (non-hydrogen) atoms. The Balaban J connectivity index is 1.37. The fourth-order valence-corrected chi connectivity index (χ4v) is 7.32. The van der Waals surface area contributed by atoms with Crippen molar-refractivity contribution < 1.29 is 18.7 Å². The summed E-state index contributed by atoms with van der Waals surface area (Å²) in [5, 5.41) is 4.73. The topological polar surface area (TPSA) is 124 Å². The number of piperazine rings is 1. The Hall–Kier alpha value is -3.76. The molecule has 5 aromatic rings. The number of benzene rings is 2. The number of thiophene rings is 1. The van der Waals surface area contributed by atoms with E-state index in [2.05, 4.69) is 54.7 Å². The third-order valence-corrected chi connectivity index (χ3v) is 9.86. The van der Waals surface area contributed by atoms with Crippen LogP contribution in [0.25, 0.3) is 27.1 Å². The number of nitrogens with two attached hydrogens (primary N) is 1. The first-order valence-corrected chi connectivity index (χ1v) is 15.6. The van der Waals surface area contributed by atoms with E-state index in [4.69, 9.17) is 15.2 Å². The molecule has 1 aliphatic rings. The van der Waals surface area contributed by atoms with E-state index in [1.165, 1.54) is 23.7 Å². The minimum atomic E-state index is -0.353. The molecule has 0 saturated carbocycles. The Morgan fingerprint density at radius 1 is 1.14 bits per heavy atom. The predicted molar refractivity (Wildman–Crippen MR) is 176 cm³/mol. The predicted octanol–water partition coefficient (Wildman–Crippen LogP) is 5.08. The molecule has 0 spiro atoms. The average molecular weight is 717 g/mol. The number of nitrogens with zero attached hydrogens (tertiary/aromatic N) is 6. The summed E-state index contributed by atoms with van der Waals surface area (Å²) >= 11 is 3.44. The molecule has 3 aromatic heterocycles. The number of aromatic nitrogens is 4. The fraction of sp³-hybridized carbons (Fsp3) is 0.310. The van der Waals surface area contributed by atoms with Crippen molar-refractivity contribution >= 4 is 78.4 Å². The van der Waals surface area contributed by atoms with Gasteiger partial charge in [-0.25, -0.2) is 19.3 Å². The number of halogens is 2. The highest BCUT2D eigenvalue weighted by Gasteiger charge is 2.25. The van der Waals surface area contributed by atoms with Crippen LogP contribution in [0.2, 0.25) is 0 Å². The number of rotatable bonds is 7. The smallest absolute Gasteiger partial charge is 0.258 e. The van der Waals surface area contributed by atoms with Crippen molar-refractivity contribution in [1.29, 1.82) is 0 Å². The molecule has 0 radical (unpaired) electrons. The first-order valence-electron chi connectivity index (χ1n) is 13.6. The molecule has 0 atom stereocenters. The van der Waals surface area contributed by atoms with Gasteiger partial charge < -0.3 is 30.3 Å². The molecule has 0 bridgehead atoms. The monoisotopic (exact) mass is 716 g/mol. The van der Waals surface area contributed by atoms with Crippen molar-refractivity contribution in [3.63, 3.8) is 0 Å². The van der Waals surface area contributed by atoms with Gasteiger partial charge in [0.15, 0.2) is 5.82 Å². The Bertz CT molecular complexity index is 1840. The van der Waals surface area contributed by atoms with Crippen LogP contribution in [0.5, 0.6) is 11.5 Å². The van der Waals surface area contributed by atoms with Gasteiger partial charge in [-0.05, 0) is 42.1 Å². The molecule has 1 fully saturated rings. The van der Waals surface area contributed by atoms with E-state index in [1.54, 1.807) is 36.3 Å². The molecule has 0 unspecified atom stereocenters. The van der Waals surface area contributed by atoms with Crippen LogP contribution in [-0.2, 0) is 0 Å². The van der Waals surface area contributed by atoms with E-state index < -0.39 is 0 Å². The van der Waals surface area contributed by atoms with Gasteiger partial charge in [-0.3, -0.25) is 9.36 Å². The van der Waals surface area contributed by atoms with Gasteiger partial charge in [-0.2, -0.15) is 0 Å². The first kappa shape index (κ1) is 29.3. The van der Waals surface area contributed by atoms with Crippen LogP contribution in [0.1, 0.15) is 22.8 Å². The number of nitrogen functional groups attached to an aromatic ring is 1. The normalized spacial score (nSPS) is 14.0. The molecule has 0 aliphatic carbocycles. The maximum atomic E-state index is 15.6. The second-order valence-electron chi connectivity index (χ2n) is 10.1. The summed E-state index contributed by atoms with van der Waals surface area (Å²) in [6.07, 6.45) is 1.37. The molecular weight excluding hydrogens is 686 g/mol. The Morgan fingerprint density at radius 3 is 2.58 bits per heavy atom. The van der Waals surface area contributed by atoms with Crippen LogP contribution in [-0.4, -0.2) is 77.3 Å². The lowest BCUT2D eigenvalue weighted by atomic mass is 10.1. The van der Waals surface area contributed by atoms with E-state index in [9.17, 15) is 4.79 Å². The molecule has 6 rings (SSSR count). The summed E-state index contributed by atoms with van der Waals surface area (Å²) in [5.41, 5.74) is 10.1. The molecule has 224 valence electrons. The molecule has 3 N–H and O–H groups in total. The number of anilines is 3. The number of ether oxygens (including phenoxy) is 2. The fourth-order valence-electron chi connectivity index (χ4n) is 5.43. The van der Waals surface area contributed by atoms with Crippen LogP contribution in [0.3, 0.4) is 0 Å². The van der Waals surface area contributed by atoms with Crippen molar-refractivity contribution in [2.75, 3.05) is 62.9 Å². The van der Waals surface area contributed by atoms with Gasteiger partial charge in [-0.1, -0.05) is 6.92 Å². The van der Waals surface area contributed by atoms with E-state index in [0.29, 0.717) is 55.5 Å². The second-order valence-corrected chi connectivity index (χ2v) is 12.1. The summed E-state index contributed by atoms with van der Waals surface area (Å²) in [6.45, 7) is 8.20. The van der Waals surface area contributed by atoms with Crippen molar-refractivity contribution in [3.8, 4) is 17.3 Å². The van der Waals surface area contributed by atoms with E-state index in [-0.39, 0.29) is 17.7 Å². The molecule has 1 aliphatic heterocycles. The van der Waals surface area contributed by atoms with Crippen molar-refractivity contribution in [2.45, 2.75) is 13.8 Å². The van der Waals surface area contributed by atoms with Crippen LogP contribution >= 0.6 is 33.9 Å². The maximum Gasteiger partial charge on any atom is 0.258 e. The number of carbonyl (C=O) groups is 1. The highest BCUT2D eigenvalue weighted by Crippen LogP contribution is 2.39. The highest BCUT2D eigenvalue weighted by atomic mass is 127. The lowest BCUT2D eigenvalue weighted by Gasteiger charge is -2.35. The lowest BCUT2D eigenvalue weighted by Crippen LogP contribution is -2.46. The van der Waals surface area contributed by atoms with Crippen molar-refractivity contribution in [2.24, 2.45) is 0 Å². The number of methoxy groups -OCH3 is 2. The SMILES string of the molecule is CCN1CCN(c2cc3nc(N)n(-c4ncnc5c(C(=O)Nc6c(C)c(OC)cc(OC)c6I)csc45)c3cc2F)CC1. The number of fused-ring (bicyclic) bond motifs is 2.